The van der Waals surface area contributed by atoms with Gasteiger partial charge in [-0.15, -0.1) is 0 Å². The van der Waals surface area contributed by atoms with E-state index in [1.807, 2.05) is 0 Å². The predicted octanol–water partition coefficient (Wildman–Crippen LogP) is 3.38. The molecule has 0 spiro atoms. The van der Waals surface area contributed by atoms with Gasteiger partial charge < -0.3 is 14.7 Å². The third kappa shape index (κ3) is 4.78. The van der Waals surface area contributed by atoms with Gasteiger partial charge in [0, 0.05) is 5.41 Å². The molecule has 1 aromatic rings. The first-order valence-corrected chi connectivity index (χ1v) is 11.3. The van der Waals surface area contributed by atoms with Crippen LogP contribution in [0.3, 0.4) is 0 Å². The van der Waals surface area contributed by atoms with Gasteiger partial charge in [0.1, 0.15) is 12.0 Å². The third-order valence-electron chi connectivity index (χ3n) is 7.11. The van der Waals surface area contributed by atoms with E-state index < -0.39 is 35.8 Å². The van der Waals surface area contributed by atoms with Crippen LogP contribution in [0.5, 0.6) is 0 Å². The lowest BCUT2D eigenvalue weighted by Gasteiger charge is -2.62. The Morgan fingerprint density at radius 3 is 2.41 bits per heavy atom. The van der Waals surface area contributed by atoms with Crippen molar-refractivity contribution in [3.63, 3.8) is 0 Å². The van der Waals surface area contributed by atoms with Gasteiger partial charge >= 0.3 is 17.2 Å². The number of alkyl halides is 2. The molecule has 1 aromatic carbocycles. The fourth-order valence-corrected chi connectivity index (χ4v) is 6.68. The Labute approximate surface area is 188 Å². The first-order valence-electron chi connectivity index (χ1n) is 10.6. The van der Waals surface area contributed by atoms with Gasteiger partial charge in [-0.25, -0.2) is 9.59 Å². The van der Waals surface area contributed by atoms with Crippen molar-refractivity contribution >= 4 is 24.0 Å². The minimum Gasteiger partial charge on any atom is -0.691 e. The monoisotopic (exact) mass is 471 g/mol. The molecule has 4 aliphatic carbocycles. The number of halogens is 2. The van der Waals surface area contributed by atoms with E-state index in [0.717, 1.165) is 32.1 Å². The topological polar surface area (TPSA) is 94.1 Å². The highest BCUT2D eigenvalue weighted by molar-refractivity contribution is 7.96. The summed E-state index contributed by atoms with van der Waals surface area (Å²) in [6.07, 6.45) is 6.35. The standard InChI is InChI=1S/C22H26F2O7S/c1-14-2-4-17(5-3-14)21-9-15-6-16(10-21)8-20(7-15,12-21)13-29-18(25)11-28-19(26)22(23,24)32-31-30-27/h2-5,15-16,27H,6-13H2,1H3/p-1. The molecule has 2 unspecified atom stereocenters. The van der Waals surface area contributed by atoms with Gasteiger partial charge in [0.2, 0.25) is 0 Å². The Morgan fingerprint density at radius 1 is 1.12 bits per heavy atom. The van der Waals surface area contributed by atoms with Crippen molar-refractivity contribution in [2.75, 3.05) is 13.2 Å². The zero-order valence-corrected chi connectivity index (χ0v) is 18.5. The Kier molecular flexibility index (Phi) is 6.50. The van der Waals surface area contributed by atoms with E-state index in [9.17, 15) is 23.6 Å². The average molecular weight is 471 g/mol. The summed E-state index contributed by atoms with van der Waals surface area (Å²) < 4.78 is 39.9. The van der Waals surface area contributed by atoms with E-state index in [-0.39, 0.29) is 17.4 Å². The van der Waals surface area contributed by atoms with Gasteiger partial charge in [-0.2, -0.15) is 13.1 Å². The summed E-state index contributed by atoms with van der Waals surface area (Å²) in [5, 5.41) is 8.24. The molecule has 2 atom stereocenters. The molecule has 0 amide bonds. The summed E-state index contributed by atoms with van der Waals surface area (Å²) in [5.41, 5.74) is 2.49. The summed E-state index contributed by atoms with van der Waals surface area (Å²) >= 11 is -0.806. The Bertz CT molecular complexity index is 846. The smallest absolute Gasteiger partial charge is 0.415 e. The molecule has 4 bridgehead atoms. The van der Waals surface area contributed by atoms with Crippen LogP contribution < -0.4 is 5.26 Å². The summed E-state index contributed by atoms with van der Waals surface area (Å²) in [4.78, 5) is 23.5. The molecule has 0 N–H and O–H groups in total. The predicted molar refractivity (Wildman–Crippen MR) is 107 cm³/mol. The normalized spacial score (nSPS) is 30.9. The SMILES string of the molecule is Cc1ccc(C23CC4CC(CC(COC(=O)COC(=O)C(F)(F)SOO[O-])(C4)C2)C3)cc1. The number of hydrogen-bond acceptors (Lipinski definition) is 8. The minimum atomic E-state index is -4.19. The second-order valence-electron chi connectivity index (χ2n) is 9.58. The second-order valence-corrected chi connectivity index (χ2v) is 10.4. The van der Waals surface area contributed by atoms with Crippen molar-refractivity contribution in [2.45, 2.75) is 56.1 Å². The molecule has 176 valence electrons. The molecule has 0 saturated heterocycles. The number of carbonyl (C=O) groups is 2. The van der Waals surface area contributed by atoms with Crippen LogP contribution in [0, 0.1) is 24.2 Å². The quantitative estimate of drug-likeness (QED) is 0.234. The second kappa shape index (κ2) is 8.89. The number of aryl methyl sites for hydroxylation is 1. The Balaban J connectivity index is 1.36. The van der Waals surface area contributed by atoms with Crippen molar-refractivity contribution in [1.29, 1.82) is 0 Å². The minimum absolute atomic E-state index is 0.0829. The largest absolute Gasteiger partial charge is 0.691 e. The lowest BCUT2D eigenvalue weighted by atomic mass is 9.43. The molecule has 32 heavy (non-hydrogen) atoms. The first kappa shape index (κ1) is 23.4. The van der Waals surface area contributed by atoms with Gasteiger partial charge in [-0.1, -0.05) is 29.8 Å². The van der Waals surface area contributed by atoms with Crippen molar-refractivity contribution in [1.82, 2.24) is 0 Å². The zero-order chi connectivity index (χ0) is 23.0. The van der Waals surface area contributed by atoms with Gasteiger partial charge in [0.15, 0.2) is 6.61 Å². The summed E-state index contributed by atoms with van der Waals surface area (Å²) in [5.74, 6) is -1.76. The number of hydrogen-bond donors (Lipinski definition) is 0. The molecule has 4 aliphatic rings. The summed E-state index contributed by atoms with van der Waals surface area (Å²) in [7, 11) is 0. The number of ether oxygens (including phenoxy) is 2. The fourth-order valence-electron chi connectivity index (χ4n) is 6.44. The van der Waals surface area contributed by atoms with Crippen LogP contribution in [0.2, 0.25) is 0 Å². The fraction of sp³-hybridized carbons (Fsp3) is 0.636. The van der Waals surface area contributed by atoms with Crippen LogP contribution in [-0.4, -0.2) is 30.4 Å². The number of esters is 2. The highest BCUT2D eigenvalue weighted by Gasteiger charge is 2.58. The van der Waals surface area contributed by atoms with Crippen LogP contribution in [0.4, 0.5) is 8.78 Å². The Hall–Kier alpha value is -1.75. The number of benzene rings is 1. The number of rotatable bonds is 9. The van der Waals surface area contributed by atoms with E-state index in [1.54, 1.807) is 0 Å². The van der Waals surface area contributed by atoms with Crippen molar-refractivity contribution in [2.24, 2.45) is 17.3 Å². The molecule has 0 aromatic heterocycles. The van der Waals surface area contributed by atoms with E-state index in [2.05, 4.69) is 45.3 Å². The maximum atomic E-state index is 13.4. The van der Waals surface area contributed by atoms with Gasteiger partial charge in [-0.3, -0.25) is 5.04 Å². The molecule has 0 heterocycles. The summed E-state index contributed by atoms with van der Waals surface area (Å²) in [6.45, 7) is 1.30. The first-order chi connectivity index (χ1) is 15.2. The van der Waals surface area contributed by atoms with Crippen LogP contribution >= 0.6 is 12.0 Å². The van der Waals surface area contributed by atoms with Gasteiger partial charge in [0.05, 0.1) is 6.61 Å². The van der Waals surface area contributed by atoms with E-state index in [0.29, 0.717) is 11.8 Å². The van der Waals surface area contributed by atoms with Crippen LogP contribution in [0.25, 0.3) is 0 Å². The van der Waals surface area contributed by atoms with E-state index in [1.165, 1.54) is 17.5 Å². The van der Waals surface area contributed by atoms with Gasteiger partial charge in [0.25, 0.3) is 0 Å². The third-order valence-corrected chi connectivity index (χ3v) is 7.61. The average Bonchev–Trinajstić information content (AvgIpc) is 2.74. The van der Waals surface area contributed by atoms with Crippen molar-refractivity contribution in [3.05, 3.63) is 35.4 Å². The van der Waals surface area contributed by atoms with E-state index >= 15 is 0 Å². The molecule has 0 radical (unpaired) electrons. The molecular weight excluding hydrogens is 446 g/mol. The molecule has 4 fully saturated rings. The number of carbonyl (C=O) groups excluding carboxylic acids is 2. The van der Waals surface area contributed by atoms with Crippen molar-refractivity contribution in [3.8, 4) is 0 Å². The molecule has 7 nitrogen and oxygen atoms in total. The van der Waals surface area contributed by atoms with Crippen LogP contribution in [0.15, 0.2) is 24.3 Å². The molecular formula is C22H25F2O7S-. The van der Waals surface area contributed by atoms with E-state index in [4.69, 9.17) is 4.74 Å². The van der Waals surface area contributed by atoms with Crippen LogP contribution in [0.1, 0.15) is 49.7 Å². The highest BCUT2D eigenvalue weighted by Crippen LogP contribution is 2.65. The Morgan fingerprint density at radius 2 is 1.78 bits per heavy atom. The lowest BCUT2D eigenvalue weighted by Crippen LogP contribution is -2.55. The lowest BCUT2D eigenvalue weighted by molar-refractivity contribution is -0.777. The maximum absolute atomic E-state index is 13.4. The van der Waals surface area contributed by atoms with Gasteiger partial charge in [-0.05, 0) is 68.3 Å². The highest BCUT2D eigenvalue weighted by atomic mass is 32.2. The molecule has 4 saturated carbocycles. The molecule has 5 rings (SSSR count). The summed E-state index contributed by atoms with van der Waals surface area (Å²) in [6, 6.07) is 8.69. The molecule has 0 aliphatic heterocycles. The maximum Gasteiger partial charge on any atom is 0.415 e. The van der Waals surface area contributed by atoms with Crippen LogP contribution in [-0.2, 0) is 33.8 Å². The van der Waals surface area contributed by atoms with Crippen molar-refractivity contribution < 1.29 is 42.5 Å². The zero-order valence-electron chi connectivity index (χ0n) is 17.6. The molecule has 10 heteroatoms.